The van der Waals surface area contributed by atoms with Crippen LogP contribution in [0.5, 0.6) is 0 Å². The fourth-order valence-corrected chi connectivity index (χ4v) is 4.33. The summed E-state index contributed by atoms with van der Waals surface area (Å²) < 4.78 is 5.88. The van der Waals surface area contributed by atoms with Crippen LogP contribution in [0.25, 0.3) is 11.0 Å². The Morgan fingerprint density at radius 2 is 2.07 bits per heavy atom. The number of para-hydroxylation sites is 1. The third kappa shape index (κ3) is 4.45. The molecule has 142 valence electrons. The van der Waals surface area contributed by atoms with Crippen molar-refractivity contribution in [1.82, 2.24) is 10.6 Å². The quantitative estimate of drug-likeness (QED) is 0.520. The number of hydrogen-bond donors (Lipinski definition) is 2. The molecule has 0 saturated carbocycles. The Balaban J connectivity index is 1.23. The van der Waals surface area contributed by atoms with Gasteiger partial charge in [-0.1, -0.05) is 18.2 Å². The Morgan fingerprint density at radius 1 is 1.22 bits per heavy atom. The topological polar surface area (TPSA) is 52.8 Å². The SMILES string of the molecule is CN=C(NCCc1cc2ccccc2o1)NC1CCN(c2cccs2)CC1. The number of hydrogen-bond acceptors (Lipinski definition) is 4. The van der Waals surface area contributed by atoms with Crippen molar-refractivity contribution in [2.75, 3.05) is 31.6 Å². The number of piperidine rings is 1. The molecule has 27 heavy (non-hydrogen) atoms. The minimum Gasteiger partial charge on any atom is -0.461 e. The first-order chi connectivity index (χ1) is 13.3. The van der Waals surface area contributed by atoms with E-state index in [-0.39, 0.29) is 0 Å². The van der Waals surface area contributed by atoms with Crippen LogP contribution in [0.3, 0.4) is 0 Å². The molecule has 5 nitrogen and oxygen atoms in total. The Labute approximate surface area is 164 Å². The van der Waals surface area contributed by atoms with Crippen molar-refractivity contribution in [3.8, 4) is 0 Å². The first-order valence-corrected chi connectivity index (χ1v) is 10.4. The van der Waals surface area contributed by atoms with Crippen LogP contribution in [0, 0.1) is 0 Å². The molecule has 1 aliphatic rings. The van der Waals surface area contributed by atoms with Gasteiger partial charge in [0.1, 0.15) is 11.3 Å². The van der Waals surface area contributed by atoms with E-state index in [1.807, 2.05) is 36.6 Å². The first kappa shape index (κ1) is 17.9. The molecular formula is C21H26N4OS. The van der Waals surface area contributed by atoms with Gasteiger partial charge in [-0.25, -0.2) is 0 Å². The summed E-state index contributed by atoms with van der Waals surface area (Å²) in [4.78, 5) is 6.85. The zero-order valence-electron chi connectivity index (χ0n) is 15.6. The summed E-state index contributed by atoms with van der Waals surface area (Å²) in [5.74, 6) is 1.88. The molecule has 0 atom stereocenters. The van der Waals surface area contributed by atoms with Gasteiger partial charge in [0.05, 0.1) is 5.00 Å². The van der Waals surface area contributed by atoms with Crippen LogP contribution in [0.1, 0.15) is 18.6 Å². The summed E-state index contributed by atoms with van der Waals surface area (Å²) in [6, 6.07) is 15.0. The van der Waals surface area contributed by atoms with E-state index in [4.69, 9.17) is 4.42 Å². The molecule has 1 fully saturated rings. The molecule has 1 aromatic carbocycles. The van der Waals surface area contributed by atoms with Crippen LogP contribution in [0.2, 0.25) is 0 Å². The molecule has 6 heteroatoms. The number of rotatable bonds is 5. The van der Waals surface area contributed by atoms with Crippen LogP contribution in [-0.4, -0.2) is 38.7 Å². The second-order valence-corrected chi connectivity index (χ2v) is 7.78. The van der Waals surface area contributed by atoms with Crippen molar-refractivity contribution in [1.29, 1.82) is 0 Å². The highest BCUT2D eigenvalue weighted by Gasteiger charge is 2.20. The summed E-state index contributed by atoms with van der Waals surface area (Å²) in [5, 5.41) is 11.7. The lowest BCUT2D eigenvalue weighted by molar-refractivity contribution is 0.462. The monoisotopic (exact) mass is 382 g/mol. The molecule has 0 bridgehead atoms. The number of aliphatic imine (C=N–C) groups is 1. The van der Waals surface area contributed by atoms with Crippen molar-refractivity contribution in [2.24, 2.45) is 4.99 Å². The Morgan fingerprint density at radius 3 is 2.81 bits per heavy atom. The zero-order chi connectivity index (χ0) is 18.5. The van der Waals surface area contributed by atoms with Crippen molar-refractivity contribution in [3.05, 3.63) is 53.6 Å². The fraction of sp³-hybridized carbons (Fsp3) is 0.381. The van der Waals surface area contributed by atoms with E-state index in [9.17, 15) is 0 Å². The fourth-order valence-electron chi connectivity index (χ4n) is 3.55. The molecule has 1 aliphatic heterocycles. The third-order valence-electron chi connectivity index (χ3n) is 5.02. The average molecular weight is 383 g/mol. The largest absolute Gasteiger partial charge is 0.461 e. The molecule has 4 rings (SSSR count). The number of nitrogens with zero attached hydrogens (tertiary/aromatic N) is 2. The second-order valence-electron chi connectivity index (χ2n) is 6.86. The predicted octanol–water partition coefficient (Wildman–Crippen LogP) is 3.87. The summed E-state index contributed by atoms with van der Waals surface area (Å²) in [5.41, 5.74) is 0.951. The summed E-state index contributed by atoms with van der Waals surface area (Å²) >= 11 is 1.82. The van der Waals surface area contributed by atoms with Gasteiger partial charge in [0.25, 0.3) is 0 Å². The van der Waals surface area contributed by atoms with Gasteiger partial charge in [-0.05, 0) is 42.5 Å². The molecule has 0 unspecified atom stereocenters. The number of guanidine groups is 1. The van der Waals surface area contributed by atoms with Crippen LogP contribution in [-0.2, 0) is 6.42 Å². The maximum atomic E-state index is 5.88. The average Bonchev–Trinajstić information content (AvgIpc) is 3.37. The molecule has 0 spiro atoms. The van der Waals surface area contributed by atoms with Crippen LogP contribution in [0.15, 0.2) is 57.3 Å². The molecule has 0 aliphatic carbocycles. The highest BCUT2D eigenvalue weighted by atomic mass is 32.1. The van der Waals surface area contributed by atoms with E-state index in [1.165, 1.54) is 5.00 Å². The maximum absolute atomic E-state index is 5.88. The van der Waals surface area contributed by atoms with Crippen molar-refractivity contribution in [2.45, 2.75) is 25.3 Å². The van der Waals surface area contributed by atoms with E-state index >= 15 is 0 Å². The lowest BCUT2D eigenvalue weighted by Crippen LogP contribution is -2.49. The highest BCUT2D eigenvalue weighted by molar-refractivity contribution is 7.14. The molecule has 0 amide bonds. The van der Waals surface area contributed by atoms with Crippen LogP contribution in [0.4, 0.5) is 5.00 Å². The second kappa shape index (κ2) is 8.48. The molecule has 3 aromatic rings. The molecule has 2 N–H and O–H groups in total. The van der Waals surface area contributed by atoms with E-state index < -0.39 is 0 Å². The number of nitrogens with one attached hydrogen (secondary N) is 2. The first-order valence-electron chi connectivity index (χ1n) is 9.55. The minimum absolute atomic E-state index is 0.471. The van der Waals surface area contributed by atoms with Crippen molar-refractivity contribution >= 4 is 33.3 Å². The number of fused-ring (bicyclic) bond motifs is 1. The highest BCUT2D eigenvalue weighted by Crippen LogP contribution is 2.24. The summed E-state index contributed by atoms with van der Waals surface area (Å²) in [6.45, 7) is 2.98. The predicted molar refractivity (Wildman–Crippen MR) is 114 cm³/mol. The van der Waals surface area contributed by atoms with Crippen molar-refractivity contribution in [3.63, 3.8) is 0 Å². The number of benzene rings is 1. The summed E-state index contributed by atoms with van der Waals surface area (Å²) in [7, 11) is 1.83. The van der Waals surface area contributed by atoms with E-state index in [0.717, 1.165) is 61.6 Å². The molecular weight excluding hydrogens is 356 g/mol. The molecule has 1 saturated heterocycles. The van der Waals surface area contributed by atoms with E-state index in [0.29, 0.717) is 6.04 Å². The Bertz CT molecular complexity index is 846. The molecule has 2 aromatic heterocycles. The van der Waals surface area contributed by atoms with Gasteiger partial charge >= 0.3 is 0 Å². The lowest BCUT2D eigenvalue weighted by Gasteiger charge is -2.33. The van der Waals surface area contributed by atoms with Crippen LogP contribution >= 0.6 is 11.3 Å². The van der Waals surface area contributed by atoms with Gasteiger partial charge in [-0.2, -0.15) is 0 Å². The van der Waals surface area contributed by atoms with E-state index in [1.54, 1.807) is 0 Å². The Hall–Kier alpha value is -2.47. The van der Waals surface area contributed by atoms with Gasteiger partial charge in [0.15, 0.2) is 5.96 Å². The maximum Gasteiger partial charge on any atom is 0.191 e. The minimum atomic E-state index is 0.471. The normalized spacial score (nSPS) is 16.0. The molecule has 0 radical (unpaired) electrons. The standard InChI is InChI=1S/C21H26N4OS/c1-22-21(23-11-8-18-15-16-5-2-3-6-19(16)26-18)24-17-9-12-25(13-10-17)20-7-4-14-27-20/h2-7,14-15,17H,8-13H2,1H3,(H2,22,23,24). The van der Waals surface area contributed by atoms with Gasteiger partial charge in [-0.15, -0.1) is 11.3 Å². The van der Waals surface area contributed by atoms with E-state index in [2.05, 4.69) is 50.2 Å². The van der Waals surface area contributed by atoms with Crippen LogP contribution < -0.4 is 15.5 Å². The smallest absolute Gasteiger partial charge is 0.191 e. The number of anilines is 1. The number of thiophene rings is 1. The Kier molecular flexibility index (Phi) is 5.63. The molecule has 3 heterocycles. The third-order valence-corrected chi connectivity index (χ3v) is 5.95. The number of furan rings is 1. The van der Waals surface area contributed by atoms with Gasteiger partial charge < -0.3 is 20.0 Å². The van der Waals surface area contributed by atoms with Crippen molar-refractivity contribution < 1.29 is 4.42 Å². The lowest BCUT2D eigenvalue weighted by atomic mass is 10.1. The van der Waals surface area contributed by atoms with Gasteiger partial charge in [0, 0.05) is 44.5 Å². The van der Waals surface area contributed by atoms with Gasteiger partial charge in [0.2, 0.25) is 0 Å². The summed E-state index contributed by atoms with van der Waals surface area (Å²) in [6.07, 6.45) is 3.09. The zero-order valence-corrected chi connectivity index (χ0v) is 16.5. The van der Waals surface area contributed by atoms with Gasteiger partial charge in [-0.3, -0.25) is 4.99 Å².